The molecule has 0 aliphatic carbocycles. The molecule has 0 radical (unpaired) electrons. The van der Waals surface area contributed by atoms with Crippen molar-refractivity contribution in [2.24, 2.45) is 0 Å². The fourth-order valence-corrected chi connectivity index (χ4v) is 3.99. The summed E-state index contributed by atoms with van der Waals surface area (Å²) in [7, 11) is 1.68. The normalized spacial score (nSPS) is 14.9. The third-order valence-corrected chi connectivity index (χ3v) is 5.58. The van der Waals surface area contributed by atoms with E-state index in [0.29, 0.717) is 0 Å². The van der Waals surface area contributed by atoms with E-state index in [0.717, 1.165) is 61.2 Å². The predicted molar refractivity (Wildman–Crippen MR) is 117 cm³/mol. The van der Waals surface area contributed by atoms with Crippen LogP contribution < -0.4 is 9.64 Å². The standard InChI is InChI=1S/C23H24N6O/c1-30-20-6-2-5-19(14-20)21-16-26-23-22(25-8-9-29(21)23)28-12-10-27(11-13-28)17-18-4-3-7-24-15-18/h2-9,14-16H,10-13,17H2,1H3. The molecule has 0 N–H and O–H groups in total. The smallest absolute Gasteiger partial charge is 0.180 e. The molecule has 1 aliphatic heterocycles. The van der Waals surface area contributed by atoms with Gasteiger partial charge in [-0.25, -0.2) is 9.97 Å². The van der Waals surface area contributed by atoms with E-state index in [1.54, 1.807) is 7.11 Å². The lowest BCUT2D eigenvalue weighted by atomic mass is 10.1. The van der Waals surface area contributed by atoms with E-state index in [-0.39, 0.29) is 0 Å². The summed E-state index contributed by atoms with van der Waals surface area (Å²) >= 11 is 0. The van der Waals surface area contributed by atoms with Crippen LogP contribution in [-0.4, -0.2) is 57.5 Å². The first-order valence-electron chi connectivity index (χ1n) is 10.1. The van der Waals surface area contributed by atoms with E-state index < -0.39 is 0 Å². The zero-order valence-electron chi connectivity index (χ0n) is 17.0. The minimum atomic E-state index is 0.835. The van der Waals surface area contributed by atoms with Gasteiger partial charge in [-0.05, 0) is 23.8 Å². The van der Waals surface area contributed by atoms with Gasteiger partial charge in [-0.3, -0.25) is 14.3 Å². The minimum Gasteiger partial charge on any atom is -0.497 e. The summed E-state index contributed by atoms with van der Waals surface area (Å²) in [5, 5.41) is 0. The highest BCUT2D eigenvalue weighted by atomic mass is 16.5. The molecule has 1 fully saturated rings. The number of hydrogen-bond donors (Lipinski definition) is 0. The largest absolute Gasteiger partial charge is 0.497 e. The molecule has 5 rings (SSSR count). The molecule has 7 nitrogen and oxygen atoms in total. The molecule has 0 bridgehead atoms. The molecule has 0 amide bonds. The molecular formula is C23H24N6O. The lowest BCUT2D eigenvalue weighted by Crippen LogP contribution is -2.46. The van der Waals surface area contributed by atoms with Gasteiger partial charge < -0.3 is 9.64 Å². The summed E-state index contributed by atoms with van der Waals surface area (Å²) in [4.78, 5) is 18.4. The van der Waals surface area contributed by atoms with Crippen LogP contribution >= 0.6 is 0 Å². The number of rotatable bonds is 5. The number of piperazine rings is 1. The van der Waals surface area contributed by atoms with Crippen LogP contribution in [0.2, 0.25) is 0 Å². The van der Waals surface area contributed by atoms with Crippen LogP contribution in [0.15, 0.2) is 67.4 Å². The summed E-state index contributed by atoms with van der Waals surface area (Å²) < 4.78 is 7.49. The lowest BCUT2D eigenvalue weighted by Gasteiger charge is -2.35. The van der Waals surface area contributed by atoms with E-state index in [4.69, 9.17) is 9.72 Å². The van der Waals surface area contributed by atoms with Crippen LogP contribution in [-0.2, 0) is 6.54 Å². The zero-order chi connectivity index (χ0) is 20.3. The second-order valence-electron chi connectivity index (χ2n) is 7.44. The third kappa shape index (κ3) is 3.59. The summed E-state index contributed by atoms with van der Waals surface area (Å²) in [5.74, 6) is 1.77. The Labute approximate surface area is 175 Å². The van der Waals surface area contributed by atoms with Crippen molar-refractivity contribution >= 4 is 11.5 Å². The highest BCUT2D eigenvalue weighted by molar-refractivity contribution is 5.72. The number of pyridine rings is 1. The number of fused-ring (bicyclic) bond motifs is 1. The molecule has 152 valence electrons. The van der Waals surface area contributed by atoms with Gasteiger partial charge in [0.25, 0.3) is 0 Å². The molecule has 4 aromatic rings. The average molecular weight is 400 g/mol. The Morgan fingerprint density at radius 1 is 0.967 bits per heavy atom. The van der Waals surface area contributed by atoms with Gasteiger partial charge in [0.05, 0.1) is 19.0 Å². The maximum atomic E-state index is 5.38. The highest BCUT2D eigenvalue weighted by Crippen LogP contribution is 2.28. The van der Waals surface area contributed by atoms with Crippen molar-refractivity contribution in [3.63, 3.8) is 0 Å². The Balaban J connectivity index is 1.36. The molecule has 1 aliphatic rings. The Hall–Kier alpha value is -3.45. The summed E-state index contributed by atoms with van der Waals surface area (Å²) in [6.07, 6.45) is 9.50. The van der Waals surface area contributed by atoms with Crippen LogP contribution in [0.1, 0.15) is 5.56 Å². The topological polar surface area (TPSA) is 58.8 Å². The summed E-state index contributed by atoms with van der Waals surface area (Å²) in [6, 6.07) is 12.2. The second-order valence-corrected chi connectivity index (χ2v) is 7.44. The second kappa shape index (κ2) is 8.12. The monoisotopic (exact) mass is 400 g/mol. The van der Waals surface area contributed by atoms with Gasteiger partial charge in [-0.2, -0.15) is 0 Å². The van der Waals surface area contributed by atoms with E-state index in [9.17, 15) is 0 Å². The molecule has 1 aromatic carbocycles. The number of hydrogen-bond acceptors (Lipinski definition) is 6. The number of aromatic nitrogens is 4. The molecule has 0 unspecified atom stereocenters. The van der Waals surface area contributed by atoms with Crippen LogP contribution in [0, 0.1) is 0 Å². The summed E-state index contributed by atoms with van der Waals surface area (Å²) in [5.41, 5.74) is 4.24. The highest BCUT2D eigenvalue weighted by Gasteiger charge is 2.21. The number of benzene rings is 1. The first-order chi connectivity index (χ1) is 14.8. The fraction of sp³-hybridized carbons (Fsp3) is 0.261. The number of anilines is 1. The van der Waals surface area contributed by atoms with Crippen molar-refractivity contribution in [2.75, 3.05) is 38.2 Å². The number of ether oxygens (including phenoxy) is 1. The van der Waals surface area contributed by atoms with Gasteiger partial charge in [0, 0.05) is 63.1 Å². The van der Waals surface area contributed by atoms with Crippen molar-refractivity contribution < 1.29 is 4.74 Å². The fourth-order valence-electron chi connectivity index (χ4n) is 3.99. The zero-order valence-corrected chi connectivity index (χ0v) is 17.0. The molecular weight excluding hydrogens is 376 g/mol. The van der Waals surface area contributed by atoms with E-state index in [1.807, 2.05) is 55.2 Å². The van der Waals surface area contributed by atoms with Crippen LogP contribution in [0.3, 0.4) is 0 Å². The Bertz CT molecular complexity index is 1130. The Kier molecular flexibility index (Phi) is 5.03. The molecule has 7 heteroatoms. The van der Waals surface area contributed by atoms with E-state index in [1.165, 1.54) is 5.56 Å². The van der Waals surface area contributed by atoms with Crippen molar-refractivity contribution in [3.05, 3.63) is 72.9 Å². The van der Waals surface area contributed by atoms with Gasteiger partial charge in [-0.15, -0.1) is 0 Å². The number of nitrogens with zero attached hydrogens (tertiary/aromatic N) is 6. The first kappa shape index (κ1) is 18.6. The lowest BCUT2D eigenvalue weighted by molar-refractivity contribution is 0.249. The van der Waals surface area contributed by atoms with Gasteiger partial charge in [0.1, 0.15) is 5.75 Å². The molecule has 4 heterocycles. The van der Waals surface area contributed by atoms with Gasteiger partial charge >= 0.3 is 0 Å². The molecule has 0 saturated carbocycles. The first-order valence-corrected chi connectivity index (χ1v) is 10.1. The van der Waals surface area contributed by atoms with Crippen LogP contribution in [0.25, 0.3) is 16.9 Å². The maximum absolute atomic E-state index is 5.38. The molecule has 0 spiro atoms. The Morgan fingerprint density at radius 3 is 2.67 bits per heavy atom. The Morgan fingerprint density at radius 2 is 1.87 bits per heavy atom. The van der Waals surface area contributed by atoms with Gasteiger partial charge in [0.15, 0.2) is 11.5 Å². The van der Waals surface area contributed by atoms with Gasteiger partial charge in [0.2, 0.25) is 0 Å². The van der Waals surface area contributed by atoms with Crippen molar-refractivity contribution in [2.45, 2.75) is 6.54 Å². The maximum Gasteiger partial charge on any atom is 0.180 e. The quantitative estimate of drug-likeness (QED) is 0.513. The minimum absolute atomic E-state index is 0.835. The SMILES string of the molecule is COc1cccc(-c2cnc3c(N4CCN(Cc5cccnc5)CC4)nccn23)c1. The van der Waals surface area contributed by atoms with Crippen molar-refractivity contribution in [1.82, 2.24) is 24.3 Å². The summed E-state index contributed by atoms with van der Waals surface area (Å²) in [6.45, 7) is 4.76. The third-order valence-electron chi connectivity index (χ3n) is 5.58. The van der Waals surface area contributed by atoms with E-state index >= 15 is 0 Å². The molecule has 0 atom stereocenters. The molecule has 3 aromatic heterocycles. The van der Waals surface area contributed by atoms with E-state index in [2.05, 4.69) is 36.3 Å². The van der Waals surface area contributed by atoms with Crippen LogP contribution in [0.4, 0.5) is 5.82 Å². The van der Waals surface area contributed by atoms with Gasteiger partial charge in [-0.1, -0.05) is 18.2 Å². The predicted octanol–water partition coefficient (Wildman–Crippen LogP) is 3.12. The van der Waals surface area contributed by atoms with Crippen molar-refractivity contribution in [3.8, 4) is 17.0 Å². The molecule has 1 saturated heterocycles. The average Bonchev–Trinajstić information content (AvgIpc) is 3.25. The molecule has 30 heavy (non-hydrogen) atoms. The number of imidazole rings is 1. The van der Waals surface area contributed by atoms with Crippen LogP contribution in [0.5, 0.6) is 5.75 Å². The van der Waals surface area contributed by atoms with Crippen molar-refractivity contribution in [1.29, 1.82) is 0 Å². The number of methoxy groups -OCH3 is 1.